The number of allylic oxidation sites excluding steroid dienone is 3. The Morgan fingerprint density at radius 2 is 2.33 bits per heavy atom. The van der Waals surface area contributed by atoms with Gasteiger partial charge in [-0.05, 0) is 31.3 Å². The van der Waals surface area contributed by atoms with Crippen molar-refractivity contribution in [2.24, 2.45) is 11.8 Å². The third kappa shape index (κ3) is 1.28. The maximum absolute atomic E-state index is 5.63. The first-order chi connectivity index (χ1) is 5.77. The second-order valence-electron chi connectivity index (χ2n) is 3.95. The topological polar surface area (TPSA) is 9.23 Å². The highest BCUT2D eigenvalue weighted by Gasteiger charge is 2.29. The van der Waals surface area contributed by atoms with E-state index in [2.05, 4.69) is 19.6 Å². The lowest BCUT2D eigenvalue weighted by Crippen LogP contribution is -2.23. The van der Waals surface area contributed by atoms with E-state index in [0.29, 0.717) is 5.92 Å². The van der Waals surface area contributed by atoms with E-state index in [-0.39, 0.29) is 0 Å². The summed E-state index contributed by atoms with van der Waals surface area (Å²) in [5, 5.41) is 0. The van der Waals surface area contributed by atoms with Gasteiger partial charge in [-0.25, -0.2) is 0 Å². The lowest BCUT2D eigenvalue weighted by atomic mass is 9.80. The third-order valence-corrected chi connectivity index (χ3v) is 3.02. The van der Waals surface area contributed by atoms with Crippen molar-refractivity contribution in [3.8, 4) is 0 Å². The molecule has 66 valence electrons. The van der Waals surface area contributed by atoms with Crippen LogP contribution in [0.3, 0.4) is 0 Å². The van der Waals surface area contributed by atoms with Crippen LogP contribution < -0.4 is 0 Å². The zero-order valence-corrected chi connectivity index (χ0v) is 7.68. The van der Waals surface area contributed by atoms with E-state index in [4.69, 9.17) is 4.74 Å². The lowest BCUT2D eigenvalue weighted by molar-refractivity contribution is 0.148. The van der Waals surface area contributed by atoms with Crippen LogP contribution in [0.4, 0.5) is 0 Å². The molecule has 1 aliphatic carbocycles. The zero-order valence-electron chi connectivity index (χ0n) is 7.68. The van der Waals surface area contributed by atoms with Crippen LogP contribution in [-0.4, -0.2) is 0 Å². The van der Waals surface area contributed by atoms with E-state index in [1.807, 2.05) is 0 Å². The third-order valence-electron chi connectivity index (χ3n) is 3.02. The molecule has 0 N–H and O–H groups in total. The first-order valence-electron chi connectivity index (χ1n) is 4.83. The van der Waals surface area contributed by atoms with Crippen molar-refractivity contribution in [2.45, 2.75) is 32.6 Å². The lowest BCUT2D eigenvalue weighted by Gasteiger charge is -2.34. The molecule has 0 spiro atoms. The van der Waals surface area contributed by atoms with Gasteiger partial charge in [0.25, 0.3) is 0 Å². The predicted molar refractivity (Wildman–Crippen MR) is 49.4 cm³/mol. The Morgan fingerprint density at radius 1 is 1.50 bits per heavy atom. The van der Waals surface area contributed by atoms with Crippen LogP contribution in [0.15, 0.2) is 24.2 Å². The predicted octanol–water partition coefficient (Wildman–Crippen LogP) is 3.24. The molecule has 0 saturated carbocycles. The van der Waals surface area contributed by atoms with E-state index in [1.165, 1.54) is 25.0 Å². The number of hydrogen-bond acceptors (Lipinski definition) is 1. The van der Waals surface area contributed by atoms with Crippen molar-refractivity contribution >= 4 is 0 Å². The van der Waals surface area contributed by atoms with Gasteiger partial charge in [-0.1, -0.05) is 13.5 Å². The SMILES string of the molecule is C=C1CCC2C(=CCCC2C)O1. The summed E-state index contributed by atoms with van der Waals surface area (Å²) >= 11 is 0. The molecule has 0 bridgehead atoms. The van der Waals surface area contributed by atoms with Gasteiger partial charge in [-0.3, -0.25) is 0 Å². The Bertz CT molecular complexity index is 227. The quantitative estimate of drug-likeness (QED) is 0.534. The maximum atomic E-state index is 5.63. The van der Waals surface area contributed by atoms with Crippen molar-refractivity contribution in [3.63, 3.8) is 0 Å². The number of hydrogen-bond donors (Lipinski definition) is 0. The molecule has 0 aromatic heterocycles. The Hall–Kier alpha value is -0.720. The normalized spacial score (nSPS) is 35.1. The summed E-state index contributed by atoms with van der Waals surface area (Å²) in [6.45, 7) is 6.20. The molecule has 0 radical (unpaired) electrons. The number of rotatable bonds is 0. The monoisotopic (exact) mass is 164 g/mol. The van der Waals surface area contributed by atoms with Crippen LogP contribution in [0, 0.1) is 11.8 Å². The molecule has 1 heterocycles. The van der Waals surface area contributed by atoms with Crippen LogP contribution in [0.5, 0.6) is 0 Å². The van der Waals surface area contributed by atoms with Crippen LogP contribution in [0.1, 0.15) is 32.6 Å². The van der Waals surface area contributed by atoms with E-state index in [0.717, 1.165) is 18.1 Å². The molecule has 1 fully saturated rings. The molecule has 1 nitrogen and oxygen atoms in total. The van der Waals surface area contributed by atoms with Gasteiger partial charge in [-0.15, -0.1) is 0 Å². The minimum Gasteiger partial charge on any atom is -0.467 e. The van der Waals surface area contributed by atoms with Gasteiger partial charge in [-0.2, -0.15) is 0 Å². The largest absolute Gasteiger partial charge is 0.467 e. The molecule has 12 heavy (non-hydrogen) atoms. The number of ether oxygens (including phenoxy) is 1. The fourth-order valence-corrected chi connectivity index (χ4v) is 2.20. The molecule has 0 amide bonds. The van der Waals surface area contributed by atoms with Gasteiger partial charge in [0.2, 0.25) is 0 Å². The Kier molecular flexibility index (Phi) is 1.95. The van der Waals surface area contributed by atoms with Crippen molar-refractivity contribution in [1.82, 2.24) is 0 Å². The number of fused-ring (bicyclic) bond motifs is 1. The van der Waals surface area contributed by atoms with Gasteiger partial charge < -0.3 is 4.74 Å². The first-order valence-corrected chi connectivity index (χ1v) is 4.83. The second-order valence-corrected chi connectivity index (χ2v) is 3.95. The summed E-state index contributed by atoms with van der Waals surface area (Å²) in [7, 11) is 0. The van der Waals surface area contributed by atoms with Crippen molar-refractivity contribution < 1.29 is 4.74 Å². The molecule has 0 aromatic rings. The smallest absolute Gasteiger partial charge is 0.103 e. The highest BCUT2D eigenvalue weighted by Crippen LogP contribution is 2.39. The van der Waals surface area contributed by atoms with Gasteiger partial charge in [0, 0.05) is 12.3 Å². The minimum absolute atomic E-state index is 0.684. The molecule has 1 saturated heterocycles. The van der Waals surface area contributed by atoms with Crippen molar-refractivity contribution in [3.05, 3.63) is 24.2 Å². The average molecular weight is 164 g/mol. The first kappa shape index (κ1) is 7.90. The zero-order chi connectivity index (χ0) is 8.55. The summed E-state index contributed by atoms with van der Waals surface area (Å²) in [6, 6.07) is 0. The highest BCUT2D eigenvalue weighted by atomic mass is 16.5. The highest BCUT2D eigenvalue weighted by molar-refractivity contribution is 5.11. The standard InChI is InChI=1S/C11H16O/c1-8-4-3-5-11-10(8)7-6-9(2)12-11/h5,8,10H,2-4,6-7H2,1H3. The van der Waals surface area contributed by atoms with Crippen molar-refractivity contribution in [2.75, 3.05) is 0 Å². The summed E-state index contributed by atoms with van der Waals surface area (Å²) in [4.78, 5) is 0. The van der Waals surface area contributed by atoms with E-state index in [1.54, 1.807) is 0 Å². The minimum atomic E-state index is 0.684. The molecule has 0 aromatic carbocycles. The summed E-state index contributed by atoms with van der Waals surface area (Å²) in [5.41, 5.74) is 0. The van der Waals surface area contributed by atoms with Gasteiger partial charge in [0.1, 0.15) is 5.76 Å². The van der Waals surface area contributed by atoms with Gasteiger partial charge in [0.15, 0.2) is 0 Å². The molecule has 2 aliphatic rings. The van der Waals surface area contributed by atoms with E-state index >= 15 is 0 Å². The van der Waals surface area contributed by atoms with E-state index < -0.39 is 0 Å². The summed E-state index contributed by atoms with van der Waals surface area (Å²) in [6.07, 6.45) is 7.04. The Labute approximate surface area is 74.1 Å². The van der Waals surface area contributed by atoms with Gasteiger partial charge >= 0.3 is 0 Å². The fourth-order valence-electron chi connectivity index (χ4n) is 2.20. The Balaban J connectivity index is 2.16. The van der Waals surface area contributed by atoms with Crippen LogP contribution in [0.25, 0.3) is 0 Å². The van der Waals surface area contributed by atoms with Gasteiger partial charge in [0.05, 0.1) is 5.76 Å². The molecule has 1 heteroatoms. The average Bonchev–Trinajstić information content (AvgIpc) is 2.04. The van der Waals surface area contributed by atoms with Crippen molar-refractivity contribution in [1.29, 1.82) is 0 Å². The molecular formula is C11H16O. The fraction of sp³-hybridized carbons (Fsp3) is 0.636. The second kappa shape index (κ2) is 2.96. The molecule has 2 atom stereocenters. The van der Waals surface area contributed by atoms with Crippen LogP contribution in [0.2, 0.25) is 0 Å². The maximum Gasteiger partial charge on any atom is 0.103 e. The summed E-state index contributed by atoms with van der Waals surface area (Å²) in [5.74, 6) is 3.64. The molecular weight excluding hydrogens is 148 g/mol. The van der Waals surface area contributed by atoms with Crippen LogP contribution >= 0.6 is 0 Å². The van der Waals surface area contributed by atoms with E-state index in [9.17, 15) is 0 Å². The van der Waals surface area contributed by atoms with Crippen LogP contribution in [-0.2, 0) is 4.74 Å². The Morgan fingerprint density at radius 3 is 3.17 bits per heavy atom. The molecule has 2 rings (SSSR count). The molecule has 1 aliphatic heterocycles. The molecule has 2 unspecified atom stereocenters. The summed E-state index contributed by atoms with van der Waals surface area (Å²) < 4.78 is 5.63.